The Hall–Kier alpha value is -4.70. The Labute approximate surface area is 242 Å². The van der Waals surface area contributed by atoms with Gasteiger partial charge in [0.1, 0.15) is 11.3 Å². The molecule has 0 radical (unpaired) electrons. The number of fused-ring (bicyclic) bond motifs is 3. The van der Waals surface area contributed by atoms with Crippen molar-refractivity contribution in [3.05, 3.63) is 132 Å². The van der Waals surface area contributed by atoms with Crippen LogP contribution in [0, 0.1) is 0 Å². The number of pyridine rings is 1. The second kappa shape index (κ2) is 9.17. The zero-order chi connectivity index (χ0) is 28.4. The van der Waals surface area contributed by atoms with Crippen LogP contribution in [0.5, 0.6) is 0 Å². The van der Waals surface area contributed by atoms with Gasteiger partial charge >= 0.3 is 0 Å². The van der Waals surface area contributed by atoms with Crippen molar-refractivity contribution in [2.45, 2.75) is 45.4 Å². The molecule has 0 spiro atoms. The van der Waals surface area contributed by atoms with Gasteiger partial charge in [0.05, 0.1) is 23.1 Å². The van der Waals surface area contributed by atoms with Gasteiger partial charge in [0, 0.05) is 28.6 Å². The molecule has 0 N–H and O–H groups in total. The van der Waals surface area contributed by atoms with Gasteiger partial charge in [0.2, 0.25) is 0 Å². The maximum Gasteiger partial charge on any atom is 0.145 e. The molecule has 6 aromatic rings. The number of aromatic nitrogens is 3. The van der Waals surface area contributed by atoms with Crippen molar-refractivity contribution in [3.8, 4) is 17.1 Å². The maximum atomic E-state index is 5.01. The Morgan fingerprint density at radius 2 is 1.39 bits per heavy atom. The van der Waals surface area contributed by atoms with Crippen molar-refractivity contribution in [1.29, 1.82) is 0 Å². The number of nitrogens with zero attached hydrogens (tertiary/aromatic N) is 4. The number of para-hydroxylation sites is 2. The third-order valence-electron chi connectivity index (χ3n) is 8.45. The van der Waals surface area contributed by atoms with Crippen LogP contribution in [-0.4, -0.2) is 14.5 Å². The van der Waals surface area contributed by atoms with E-state index in [2.05, 4.69) is 140 Å². The van der Waals surface area contributed by atoms with E-state index < -0.39 is 0 Å². The quantitative estimate of drug-likeness (QED) is 0.227. The van der Waals surface area contributed by atoms with Crippen LogP contribution in [-0.2, 0) is 10.8 Å². The molecule has 3 heterocycles. The molecule has 0 unspecified atom stereocenters. The lowest BCUT2D eigenvalue weighted by molar-refractivity contribution is 0.580. The summed E-state index contributed by atoms with van der Waals surface area (Å²) in [5.41, 5.74) is 11.7. The van der Waals surface area contributed by atoms with Crippen LogP contribution in [0.4, 0.5) is 17.1 Å². The second-order valence-electron chi connectivity index (χ2n) is 12.5. The molecule has 0 bridgehead atoms. The minimum atomic E-state index is -0.113. The average Bonchev–Trinajstić information content (AvgIpc) is 3.37. The lowest BCUT2D eigenvalue weighted by Crippen LogP contribution is -2.31. The molecule has 0 saturated heterocycles. The third kappa shape index (κ3) is 4.05. The summed E-state index contributed by atoms with van der Waals surface area (Å²) in [7, 11) is 0. The van der Waals surface area contributed by atoms with Crippen molar-refractivity contribution in [2.75, 3.05) is 4.90 Å². The predicted molar refractivity (Wildman–Crippen MR) is 170 cm³/mol. The molecule has 0 atom stereocenters. The second-order valence-corrected chi connectivity index (χ2v) is 12.5. The van der Waals surface area contributed by atoms with E-state index in [1.165, 1.54) is 28.1 Å². The Morgan fingerprint density at radius 1 is 0.683 bits per heavy atom. The van der Waals surface area contributed by atoms with Crippen LogP contribution in [0.3, 0.4) is 0 Å². The third-order valence-corrected chi connectivity index (χ3v) is 8.45. The Morgan fingerprint density at radius 3 is 2.15 bits per heavy atom. The molecular weight excluding hydrogens is 500 g/mol. The first kappa shape index (κ1) is 25.3. The molecule has 0 aliphatic carbocycles. The van der Waals surface area contributed by atoms with E-state index in [4.69, 9.17) is 4.98 Å². The van der Waals surface area contributed by atoms with Crippen LogP contribution in [0.15, 0.2) is 116 Å². The highest BCUT2D eigenvalue weighted by atomic mass is 15.2. The van der Waals surface area contributed by atoms with Crippen molar-refractivity contribution >= 4 is 28.1 Å². The molecule has 2 aromatic heterocycles. The van der Waals surface area contributed by atoms with Gasteiger partial charge in [-0.05, 0) is 76.7 Å². The molecule has 0 fully saturated rings. The van der Waals surface area contributed by atoms with E-state index in [-0.39, 0.29) is 10.8 Å². The standard InChI is InChI=1S/C37H34N4/c1-36(2,3)26-17-20-33-30(23-26)37(4,5)29-13-9-10-14-32(29)40(33)28-18-15-25(16-19-28)35-39-31-24-38-22-21-34(31)41(35)27-11-7-6-8-12-27/h6-24H,1-5H3. The first-order valence-electron chi connectivity index (χ1n) is 14.3. The molecule has 0 amide bonds. The topological polar surface area (TPSA) is 34.0 Å². The molecule has 0 saturated carbocycles. The smallest absolute Gasteiger partial charge is 0.145 e. The van der Waals surface area contributed by atoms with Gasteiger partial charge < -0.3 is 4.90 Å². The van der Waals surface area contributed by atoms with E-state index in [1.54, 1.807) is 0 Å². The molecule has 1 aliphatic heterocycles. The monoisotopic (exact) mass is 534 g/mol. The molecule has 4 heteroatoms. The van der Waals surface area contributed by atoms with Crippen molar-refractivity contribution in [3.63, 3.8) is 0 Å². The van der Waals surface area contributed by atoms with E-state index in [1.807, 2.05) is 24.5 Å². The zero-order valence-corrected chi connectivity index (χ0v) is 24.3. The number of hydrogen-bond acceptors (Lipinski definition) is 3. The fourth-order valence-electron chi connectivity index (χ4n) is 6.17. The molecule has 4 nitrogen and oxygen atoms in total. The van der Waals surface area contributed by atoms with Gasteiger partial charge in [-0.15, -0.1) is 0 Å². The first-order chi connectivity index (χ1) is 19.7. The molecule has 1 aliphatic rings. The van der Waals surface area contributed by atoms with Crippen molar-refractivity contribution in [2.24, 2.45) is 0 Å². The Balaban J connectivity index is 1.38. The van der Waals surface area contributed by atoms with Gasteiger partial charge in [-0.1, -0.05) is 83.1 Å². The summed E-state index contributed by atoms with van der Waals surface area (Å²) in [4.78, 5) is 11.7. The fraction of sp³-hybridized carbons (Fsp3) is 0.189. The highest BCUT2D eigenvalue weighted by molar-refractivity contribution is 5.87. The van der Waals surface area contributed by atoms with E-state index in [0.717, 1.165) is 33.8 Å². The summed E-state index contributed by atoms with van der Waals surface area (Å²) in [5.74, 6) is 0.904. The van der Waals surface area contributed by atoms with Crippen LogP contribution in [0.2, 0.25) is 0 Å². The summed E-state index contributed by atoms with van der Waals surface area (Å²) in [6, 6.07) is 37.1. The molecule has 7 rings (SSSR count). The molecule has 41 heavy (non-hydrogen) atoms. The number of hydrogen-bond donors (Lipinski definition) is 0. The van der Waals surface area contributed by atoms with Gasteiger partial charge in [-0.2, -0.15) is 0 Å². The van der Waals surface area contributed by atoms with E-state index >= 15 is 0 Å². The van der Waals surface area contributed by atoms with Crippen LogP contribution in [0.25, 0.3) is 28.1 Å². The predicted octanol–water partition coefficient (Wildman–Crippen LogP) is 9.49. The number of benzene rings is 4. The molecule has 4 aromatic carbocycles. The highest BCUT2D eigenvalue weighted by Gasteiger charge is 2.37. The van der Waals surface area contributed by atoms with Crippen molar-refractivity contribution < 1.29 is 0 Å². The molecule has 202 valence electrons. The maximum absolute atomic E-state index is 5.01. The number of anilines is 3. The largest absolute Gasteiger partial charge is 0.310 e. The van der Waals surface area contributed by atoms with E-state index in [0.29, 0.717) is 0 Å². The van der Waals surface area contributed by atoms with Gasteiger partial charge in [0.15, 0.2) is 0 Å². The van der Waals surface area contributed by atoms with E-state index in [9.17, 15) is 0 Å². The summed E-state index contributed by atoms with van der Waals surface area (Å²) in [6.07, 6.45) is 3.66. The number of rotatable bonds is 3. The van der Waals surface area contributed by atoms with Crippen molar-refractivity contribution in [1.82, 2.24) is 14.5 Å². The SMILES string of the molecule is CC(C)(C)c1ccc2c(c1)C(C)(C)c1ccccc1N2c1ccc(-c2nc3cnccc3n2-c2ccccc2)cc1. The lowest BCUT2D eigenvalue weighted by atomic mass is 9.71. The average molecular weight is 535 g/mol. The number of imidazole rings is 1. The Kier molecular flexibility index (Phi) is 5.65. The van der Waals surface area contributed by atoms with Gasteiger partial charge in [-0.3, -0.25) is 9.55 Å². The minimum Gasteiger partial charge on any atom is -0.310 e. The molecular formula is C37H34N4. The Bertz CT molecular complexity index is 1890. The minimum absolute atomic E-state index is 0.0777. The van der Waals surface area contributed by atoms with Crippen LogP contribution in [0.1, 0.15) is 51.3 Å². The summed E-state index contributed by atoms with van der Waals surface area (Å²) in [5, 5.41) is 0. The summed E-state index contributed by atoms with van der Waals surface area (Å²) >= 11 is 0. The lowest BCUT2D eigenvalue weighted by Gasteiger charge is -2.42. The summed E-state index contributed by atoms with van der Waals surface area (Å²) < 4.78 is 2.22. The van der Waals surface area contributed by atoms with Gasteiger partial charge in [-0.25, -0.2) is 4.98 Å². The normalized spacial score (nSPS) is 14.1. The zero-order valence-electron chi connectivity index (χ0n) is 24.3. The highest BCUT2D eigenvalue weighted by Crippen LogP contribution is 2.52. The summed E-state index contributed by atoms with van der Waals surface area (Å²) in [6.45, 7) is 11.6. The van der Waals surface area contributed by atoms with Crippen LogP contribution < -0.4 is 4.90 Å². The fourth-order valence-corrected chi connectivity index (χ4v) is 6.17. The van der Waals surface area contributed by atoms with Crippen LogP contribution >= 0.6 is 0 Å². The first-order valence-corrected chi connectivity index (χ1v) is 14.3. The van der Waals surface area contributed by atoms with Gasteiger partial charge in [0.25, 0.3) is 0 Å².